The smallest absolute Gasteiger partial charge is 0.306 e. The van der Waals surface area contributed by atoms with E-state index in [4.69, 9.17) is 0 Å². The van der Waals surface area contributed by atoms with Crippen molar-refractivity contribution < 1.29 is 9.53 Å². The molecule has 2 fully saturated rings. The number of methoxy groups -OCH3 is 1. The Kier molecular flexibility index (Phi) is 3.23. The summed E-state index contributed by atoms with van der Waals surface area (Å²) in [5, 5.41) is 3.61. The first-order valence-corrected chi connectivity index (χ1v) is 6.70. The van der Waals surface area contributed by atoms with Gasteiger partial charge in [-0.1, -0.05) is 20.8 Å². The van der Waals surface area contributed by atoms with Crippen molar-refractivity contribution in [2.75, 3.05) is 13.7 Å². The van der Waals surface area contributed by atoms with Gasteiger partial charge in [0.1, 0.15) is 0 Å². The van der Waals surface area contributed by atoms with E-state index in [-0.39, 0.29) is 5.97 Å². The van der Waals surface area contributed by atoms with Gasteiger partial charge in [-0.15, -0.1) is 0 Å². The zero-order chi connectivity index (χ0) is 12.7. The van der Waals surface area contributed by atoms with Crippen LogP contribution in [0.15, 0.2) is 0 Å². The predicted octanol–water partition coefficient (Wildman–Crippen LogP) is 2.35. The van der Waals surface area contributed by atoms with E-state index in [1.54, 1.807) is 0 Å². The number of esters is 1. The van der Waals surface area contributed by atoms with Gasteiger partial charge >= 0.3 is 5.97 Å². The molecular formula is C14H25NO2. The summed E-state index contributed by atoms with van der Waals surface area (Å²) in [5.74, 6) is 0.728. The van der Waals surface area contributed by atoms with Gasteiger partial charge in [0.25, 0.3) is 0 Å². The molecule has 0 amide bonds. The minimum Gasteiger partial charge on any atom is -0.469 e. The van der Waals surface area contributed by atoms with Crippen molar-refractivity contribution in [1.29, 1.82) is 0 Å². The van der Waals surface area contributed by atoms with E-state index in [2.05, 4.69) is 30.8 Å². The summed E-state index contributed by atoms with van der Waals surface area (Å²) in [5.41, 5.74) is 0.799. The molecular weight excluding hydrogens is 214 g/mol. The van der Waals surface area contributed by atoms with Crippen molar-refractivity contribution in [3.8, 4) is 0 Å². The summed E-state index contributed by atoms with van der Waals surface area (Å²) in [6.45, 7) is 7.89. The summed E-state index contributed by atoms with van der Waals surface area (Å²) in [6.07, 6.45) is 4.52. The first-order chi connectivity index (χ1) is 7.90. The Hall–Kier alpha value is -0.570. The second-order valence-corrected chi connectivity index (χ2v) is 6.63. The first kappa shape index (κ1) is 12.9. The fourth-order valence-corrected chi connectivity index (χ4v) is 4.23. The molecule has 0 spiro atoms. The predicted molar refractivity (Wildman–Crippen MR) is 67.7 cm³/mol. The molecule has 0 aromatic heterocycles. The monoisotopic (exact) mass is 239 g/mol. The SMILES string of the molecule is COC(=O)CCNC1C(C)(C)[C@@H]2CC[C@@]1(C)C2. The summed E-state index contributed by atoms with van der Waals surface area (Å²) >= 11 is 0. The molecule has 2 bridgehead atoms. The molecule has 3 nitrogen and oxygen atoms in total. The topological polar surface area (TPSA) is 38.3 Å². The second-order valence-electron chi connectivity index (χ2n) is 6.63. The van der Waals surface area contributed by atoms with Gasteiger partial charge in [0.15, 0.2) is 0 Å². The van der Waals surface area contributed by atoms with Crippen molar-refractivity contribution in [3.05, 3.63) is 0 Å². The molecule has 0 heterocycles. The Morgan fingerprint density at radius 1 is 1.41 bits per heavy atom. The van der Waals surface area contributed by atoms with Gasteiger partial charge in [-0.05, 0) is 36.0 Å². The zero-order valence-corrected chi connectivity index (χ0v) is 11.5. The molecule has 17 heavy (non-hydrogen) atoms. The average Bonchev–Trinajstić information content (AvgIpc) is 2.73. The number of carbonyl (C=O) groups excluding carboxylic acids is 1. The van der Waals surface area contributed by atoms with Crippen LogP contribution < -0.4 is 5.32 Å². The van der Waals surface area contributed by atoms with Crippen LogP contribution in [0.25, 0.3) is 0 Å². The van der Waals surface area contributed by atoms with E-state index in [1.807, 2.05) is 0 Å². The maximum Gasteiger partial charge on any atom is 0.306 e. The zero-order valence-electron chi connectivity index (χ0n) is 11.5. The fourth-order valence-electron chi connectivity index (χ4n) is 4.23. The molecule has 2 rings (SSSR count). The third-order valence-electron chi connectivity index (χ3n) is 5.18. The number of hydrogen-bond acceptors (Lipinski definition) is 3. The molecule has 3 heteroatoms. The molecule has 0 aromatic carbocycles. The van der Waals surface area contributed by atoms with Gasteiger partial charge < -0.3 is 10.1 Å². The molecule has 3 atom stereocenters. The van der Waals surface area contributed by atoms with Gasteiger partial charge in [0.2, 0.25) is 0 Å². The molecule has 2 saturated carbocycles. The van der Waals surface area contributed by atoms with Crippen LogP contribution in [0.4, 0.5) is 0 Å². The lowest BCUT2D eigenvalue weighted by atomic mass is 9.68. The Labute approximate surface area is 104 Å². The third kappa shape index (κ3) is 2.10. The highest BCUT2D eigenvalue weighted by Gasteiger charge is 2.58. The summed E-state index contributed by atoms with van der Waals surface area (Å²) < 4.78 is 4.68. The van der Waals surface area contributed by atoms with Crippen LogP contribution in [0.3, 0.4) is 0 Å². The van der Waals surface area contributed by atoms with E-state index >= 15 is 0 Å². The minimum absolute atomic E-state index is 0.122. The lowest BCUT2D eigenvalue weighted by Crippen LogP contribution is -2.50. The molecule has 0 aromatic rings. The van der Waals surface area contributed by atoms with Crippen molar-refractivity contribution in [2.24, 2.45) is 16.7 Å². The number of nitrogens with one attached hydrogen (secondary N) is 1. The lowest BCUT2D eigenvalue weighted by molar-refractivity contribution is -0.140. The van der Waals surface area contributed by atoms with Crippen molar-refractivity contribution >= 4 is 5.97 Å². The van der Waals surface area contributed by atoms with Crippen LogP contribution in [-0.4, -0.2) is 25.7 Å². The Morgan fingerprint density at radius 2 is 2.12 bits per heavy atom. The summed E-state index contributed by atoms with van der Waals surface area (Å²) in [4.78, 5) is 11.1. The summed E-state index contributed by atoms with van der Waals surface area (Å²) in [7, 11) is 1.45. The molecule has 1 N–H and O–H groups in total. The van der Waals surface area contributed by atoms with E-state index in [1.165, 1.54) is 26.4 Å². The van der Waals surface area contributed by atoms with Crippen LogP contribution in [0.2, 0.25) is 0 Å². The van der Waals surface area contributed by atoms with E-state index < -0.39 is 0 Å². The largest absolute Gasteiger partial charge is 0.469 e. The molecule has 0 radical (unpaired) electrons. The maximum absolute atomic E-state index is 11.1. The molecule has 1 unspecified atom stereocenters. The highest BCUT2D eigenvalue weighted by atomic mass is 16.5. The van der Waals surface area contributed by atoms with E-state index in [0.29, 0.717) is 23.3 Å². The van der Waals surface area contributed by atoms with Gasteiger partial charge in [0, 0.05) is 12.6 Å². The number of rotatable bonds is 4. The van der Waals surface area contributed by atoms with Crippen molar-refractivity contribution in [3.63, 3.8) is 0 Å². The van der Waals surface area contributed by atoms with Gasteiger partial charge in [-0.2, -0.15) is 0 Å². The number of fused-ring (bicyclic) bond motifs is 2. The standard InChI is InChI=1S/C14H25NO2/c1-13(2)10-5-7-14(3,9-10)12(13)15-8-6-11(16)17-4/h10,12,15H,5-9H2,1-4H3/t10-,12?,14+/m1/s1. The van der Waals surface area contributed by atoms with Crippen molar-refractivity contribution in [1.82, 2.24) is 5.32 Å². The Balaban J connectivity index is 1.94. The van der Waals surface area contributed by atoms with Crippen LogP contribution in [0, 0.1) is 16.7 Å². The normalized spacial score (nSPS) is 38.4. The van der Waals surface area contributed by atoms with Crippen LogP contribution >= 0.6 is 0 Å². The average molecular weight is 239 g/mol. The van der Waals surface area contributed by atoms with Gasteiger partial charge in [0.05, 0.1) is 13.5 Å². The molecule has 0 aliphatic heterocycles. The number of ether oxygens (including phenoxy) is 1. The van der Waals surface area contributed by atoms with Gasteiger partial charge in [-0.25, -0.2) is 0 Å². The second kappa shape index (κ2) is 4.27. The van der Waals surface area contributed by atoms with Gasteiger partial charge in [-0.3, -0.25) is 4.79 Å². The quantitative estimate of drug-likeness (QED) is 0.765. The summed E-state index contributed by atoms with van der Waals surface area (Å²) in [6, 6.07) is 0.540. The minimum atomic E-state index is -0.122. The molecule has 2 aliphatic rings. The highest BCUT2D eigenvalue weighted by Crippen LogP contribution is 2.62. The van der Waals surface area contributed by atoms with E-state index in [9.17, 15) is 4.79 Å². The lowest BCUT2D eigenvalue weighted by Gasteiger charge is -2.43. The van der Waals surface area contributed by atoms with Crippen LogP contribution in [0.1, 0.15) is 46.5 Å². The fraction of sp³-hybridized carbons (Fsp3) is 0.929. The Morgan fingerprint density at radius 3 is 2.65 bits per heavy atom. The van der Waals surface area contributed by atoms with Crippen LogP contribution in [0.5, 0.6) is 0 Å². The third-order valence-corrected chi connectivity index (χ3v) is 5.18. The van der Waals surface area contributed by atoms with E-state index in [0.717, 1.165) is 12.5 Å². The molecule has 98 valence electrons. The number of carbonyl (C=O) groups is 1. The Bertz CT molecular complexity index is 309. The van der Waals surface area contributed by atoms with Crippen molar-refractivity contribution in [2.45, 2.75) is 52.5 Å². The highest BCUT2D eigenvalue weighted by molar-refractivity contribution is 5.69. The maximum atomic E-state index is 11.1. The molecule has 0 saturated heterocycles. The molecule has 2 aliphatic carbocycles. The first-order valence-electron chi connectivity index (χ1n) is 6.70. The van der Waals surface area contributed by atoms with Crippen LogP contribution in [-0.2, 0) is 9.53 Å². The number of hydrogen-bond donors (Lipinski definition) is 1.